The van der Waals surface area contributed by atoms with Crippen molar-refractivity contribution in [2.24, 2.45) is 5.73 Å². The third-order valence-corrected chi connectivity index (χ3v) is 5.83. The lowest BCUT2D eigenvalue weighted by atomic mass is 10.2. The first-order chi connectivity index (χ1) is 9.93. The quantitative estimate of drug-likeness (QED) is 0.901. The Bertz CT molecular complexity index is 654. The van der Waals surface area contributed by atoms with Gasteiger partial charge in [0.25, 0.3) is 0 Å². The third-order valence-electron chi connectivity index (χ3n) is 3.98. The molecule has 1 aromatic rings. The molecule has 8 heteroatoms. The summed E-state index contributed by atoms with van der Waals surface area (Å²) in [5, 5.41) is 0. The molecule has 3 rings (SSSR count). The Morgan fingerprint density at radius 1 is 1.24 bits per heavy atom. The number of fused-ring (bicyclic) bond motifs is 2. The van der Waals surface area contributed by atoms with Crippen molar-refractivity contribution in [1.29, 1.82) is 0 Å². The lowest BCUT2D eigenvalue weighted by Crippen LogP contribution is -2.46. The number of halogens is 2. The fourth-order valence-electron chi connectivity index (χ4n) is 2.88. The molecule has 2 atom stereocenters. The van der Waals surface area contributed by atoms with E-state index >= 15 is 0 Å². The summed E-state index contributed by atoms with van der Waals surface area (Å²) in [5.74, 6) is -1.94. The van der Waals surface area contributed by atoms with Crippen LogP contribution in [0.2, 0.25) is 0 Å². The molecule has 2 bridgehead atoms. The summed E-state index contributed by atoms with van der Waals surface area (Å²) in [7, 11) is -4.01. The first-order valence-corrected chi connectivity index (χ1v) is 8.20. The Labute approximate surface area is 121 Å². The molecule has 0 aromatic heterocycles. The number of ether oxygens (including phenoxy) is 1. The number of rotatable bonds is 3. The Kier molecular flexibility index (Phi) is 3.73. The van der Waals surface area contributed by atoms with Crippen molar-refractivity contribution >= 4 is 10.0 Å². The van der Waals surface area contributed by atoms with Gasteiger partial charge in [-0.1, -0.05) is 0 Å². The minimum Gasteiger partial charge on any atom is -0.372 e. The average Bonchev–Trinajstić information content (AvgIpc) is 2.77. The second-order valence-corrected chi connectivity index (χ2v) is 7.23. The van der Waals surface area contributed by atoms with Crippen molar-refractivity contribution in [3.63, 3.8) is 0 Å². The van der Waals surface area contributed by atoms with Crippen LogP contribution in [0.25, 0.3) is 0 Å². The SMILES string of the molecule is NCc1c(F)ccc(S(=O)(=O)N2CC3CCC(C2)O3)c1F. The van der Waals surface area contributed by atoms with Crippen LogP contribution in [-0.4, -0.2) is 38.0 Å². The second kappa shape index (κ2) is 5.28. The highest BCUT2D eigenvalue weighted by molar-refractivity contribution is 7.89. The summed E-state index contributed by atoms with van der Waals surface area (Å²) in [5.41, 5.74) is 4.88. The van der Waals surface area contributed by atoms with E-state index in [-0.39, 0.29) is 25.3 Å². The third kappa shape index (κ3) is 2.46. The normalized spacial score (nSPS) is 26.2. The average molecular weight is 318 g/mol. The van der Waals surface area contributed by atoms with Crippen LogP contribution in [0.15, 0.2) is 17.0 Å². The van der Waals surface area contributed by atoms with Crippen LogP contribution in [0.3, 0.4) is 0 Å². The molecule has 0 aliphatic carbocycles. The zero-order valence-corrected chi connectivity index (χ0v) is 12.1. The van der Waals surface area contributed by atoms with Gasteiger partial charge in [-0.2, -0.15) is 4.31 Å². The molecular weight excluding hydrogens is 302 g/mol. The Balaban J connectivity index is 1.99. The van der Waals surface area contributed by atoms with E-state index in [9.17, 15) is 17.2 Å². The van der Waals surface area contributed by atoms with E-state index in [0.717, 1.165) is 25.0 Å². The number of benzene rings is 1. The van der Waals surface area contributed by atoms with E-state index < -0.39 is 38.7 Å². The number of sulfonamides is 1. The molecule has 2 fully saturated rings. The molecule has 2 unspecified atom stereocenters. The summed E-state index contributed by atoms with van der Waals surface area (Å²) in [6, 6.07) is 1.89. The van der Waals surface area contributed by atoms with Gasteiger partial charge in [0, 0.05) is 25.2 Å². The maximum absolute atomic E-state index is 14.2. The van der Waals surface area contributed by atoms with Gasteiger partial charge < -0.3 is 10.5 Å². The van der Waals surface area contributed by atoms with Gasteiger partial charge in [-0.05, 0) is 25.0 Å². The molecule has 0 amide bonds. The van der Waals surface area contributed by atoms with Gasteiger partial charge in [-0.15, -0.1) is 0 Å². The largest absolute Gasteiger partial charge is 0.372 e. The molecule has 0 spiro atoms. The smallest absolute Gasteiger partial charge is 0.246 e. The summed E-state index contributed by atoms with van der Waals surface area (Å²) in [6.45, 7) is 0.0105. The zero-order valence-electron chi connectivity index (χ0n) is 11.3. The van der Waals surface area contributed by atoms with Crippen molar-refractivity contribution in [3.8, 4) is 0 Å². The van der Waals surface area contributed by atoms with Crippen molar-refractivity contribution in [2.75, 3.05) is 13.1 Å². The fraction of sp³-hybridized carbons (Fsp3) is 0.538. The molecule has 1 aromatic carbocycles. The summed E-state index contributed by atoms with van der Waals surface area (Å²) in [4.78, 5) is -0.523. The molecule has 2 saturated heterocycles. The maximum atomic E-state index is 14.2. The lowest BCUT2D eigenvalue weighted by Gasteiger charge is -2.31. The van der Waals surface area contributed by atoms with E-state index in [1.54, 1.807) is 0 Å². The van der Waals surface area contributed by atoms with Crippen molar-refractivity contribution in [3.05, 3.63) is 29.3 Å². The molecule has 21 heavy (non-hydrogen) atoms. The minimum absolute atomic E-state index is 0.143. The number of hydrogen-bond acceptors (Lipinski definition) is 4. The number of hydrogen-bond donors (Lipinski definition) is 1. The fourth-order valence-corrected chi connectivity index (χ4v) is 4.47. The van der Waals surface area contributed by atoms with Gasteiger partial charge in [-0.25, -0.2) is 17.2 Å². The maximum Gasteiger partial charge on any atom is 0.246 e. The van der Waals surface area contributed by atoms with Gasteiger partial charge in [0.2, 0.25) is 10.0 Å². The van der Waals surface area contributed by atoms with E-state index in [4.69, 9.17) is 10.5 Å². The highest BCUT2D eigenvalue weighted by Crippen LogP contribution is 2.31. The molecule has 2 aliphatic rings. The molecule has 2 N–H and O–H groups in total. The van der Waals surface area contributed by atoms with Gasteiger partial charge >= 0.3 is 0 Å². The predicted molar refractivity (Wildman–Crippen MR) is 70.9 cm³/mol. The summed E-state index contributed by atoms with van der Waals surface area (Å²) < 4.78 is 59.6. The van der Waals surface area contributed by atoms with Crippen LogP contribution in [0, 0.1) is 11.6 Å². The van der Waals surface area contributed by atoms with Crippen LogP contribution < -0.4 is 5.73 Å². The topological polar surface area (TPSA) is 72.6 Å². The van der Waals surface area contributed by atoms with Crippen molar-refractivity contribution < 1.29 is 21.9 Å². The van der Waals surface area contributed by atoms with Gasteiger partial charge in [0.1, 0.15) is 10.7 Å². The van der Waals surface area contributed by atoms with Crippen LogP contribution in [0.4, 0.5) is 8.78 Å². The highest BCUT2D eigenvalue weighted by Gasteiger charge is 2.40. The van der Waals surface area contributed by atoms with E-state index in [1.807, 2.05) is 0 Å². The zero-order chi connectivity index (χ0) is 15.2. The standard InChI is InChI=1S/C13H16F2N2O3S/c14-11-3-4-12(13(15)10(11)5-16)21(18,19)17-6-8-1-2-9(7-17)20-8/h3-4,8-9H,1-2,5-7,16H2. The first-order valence-electron chi connectivity index (χ1n) is 6.76. The van der Waals surface area contributed by atoms with Crippen molar-refractivity contribution in [1.82, 2.24) is 4.31 Å². The van der Waals surface area contributed by atoms with E-state index in [0.29, 0.717) is 0 Å². The predicted octanol–water partition coefficient (Wildman–Crippen LogP) is 0.975. The molecule has 2 aliphatic heterocycles. The minimum atomic E-state index is -4.01. The second-order valence-electron chi connectivity index (χ2n) is 5.32. The number of nitrogens with zero attached hydrogens (tertiary/aromatic N) is 1. The Morgan fingerprint density at radius 2 is 1.86 bits per heavy atom. The molecule has 116 valence electrons. The summed E-state index contributed by atoms with van der Waals surface area (Å²) in [6.07, 6.45) is 1.32. The molecule has 0 saturated carbocycles. The number of morpholine rings is 1. The van der Waals surface area contributed by atoms with E-state index in [2.05, 4.69) is 0 Å². The van der Waals surface area contributed by atoms with Crippen LogP contribution in [0.5, 0.6) is 0 Å². The van der Waals surface area contributed by atoms with Crippen molar-refractivity contribution in [2.45, 2.75) is 36.5 Å². The monoisotopic (exact) mass is 318 g/mol. The van der Waals surface area contributed by atoms with Gasteiger partial charge in [0.05, 0.1) is 12.2 Å². The molecule has 2 heterocycles. The van der Waals surface area contributed by atoms with Gasteiger partial charge in [0.15, 0.2) is 5.82 Å². The summed E-state index contributed by atoms with van der Waals surface area (Å²) >= 11 is 0. The Morgan fingerprint density at radius 3 is 2.43 bits per heavy atom. The van der Waals surface area contributed by atoms with Crippen LogP contribution >= 0.6 is 0 Å². The van der Waals surface area contributed by atoms with E-state index in [1.165, 1.54) is 4.31 Å². The van der Waals surface area contributed by atoms with Crippen LogP contribution in [0.1, 0.15) is 18.4 Å². The highest BCUT2D eigenvalue weighted by atomic mass is 32.2. The first kappa shape index (κ1) is 14.8. The number of nitrogens with two attached hydrogens (primary N) is 1. The lowest BCUT2D eigenvalue weighted by molar-refractivity contribution is -0.0115. The Hall–Kier alpha value is -1.09. The van der Waals surface area contributed by atoms with Crippen LogP contribution in [-0.2, 0) is 21.3 Å². The molecule has 5 nitrogen and oxygen atoms in total. The molecule has 0 radical (unpaired) electrons. The van der Waals surface area contributed by atoms with Gasteiger partial charge in [-0.3, -0.25) is 0 Å². The molecular formula is C13H16F2N2O3S.